The Bertz CT molecular complexity index is 754. The minimum Gasteiger partial charge on any atom is -0.349 e. The van der Waals surface area contributed by atoms with Crippen LogP contribution in [0.15, 0.2) is 30.5 Å². The van der Waals surface area contributed by atoms with Crippen LogP contribution >= 0.6 is 0 Å². The lowest BCUT2D eigenvalue weighted by Crippen LogP contribution is -2.32. The molecule has 0 spiro atoms. The van der Waals surface area contributed by atoms with Crippen molar-refractivity contribution in [2.24, 2.45) is 7.05 Å². The maximum atomic E-state index is 12.3. The number of fused-ring (bicyclic) bond motifs is 1. The van der Waals surface area contributed by atoms with Crippen molar-refractivity contribution < 1.29 is 9.72 Å². The molecule has 1 aliphatic carbocycles. The molecule has 0 fully saturated rings. The fourth-order valence-corrected chi connectivity index (χ4v) is 3.11. The highest BCUT2D eigenvalue weighted by Gasteiger charge is 2.25. The Kier molecular flexibility index (Phi) is 4.10. The van der Waals surface area contributed by atoms with Crippen molar-refractivity contribution in [2.75, 3.05) is 0 Å². The topological polar surface area (TPSA) is 90.1 Å². The van der Waals surface area contributed by atoms with Crippen LogP contribution in [0, 0.1) is 10.1 Å². The quantitative estimate of drug-likeness (QED) is 0.691. The molecule has 1 aromatic carbocycles. The average molecular weight is 314 g/mol. The van der Waals surface area contributed by atoms with E-state index in [0.717, 1.165) is 30.5 Å². The van der Waals surface area contributed by atoms with Crippen LogP contribution in [0.3, 0.4) is 0 Å². The average Bonchev–Trinajstić information content (AvgIpc) is 2.90. The summed E-state index contributed by atoms with van der Waals surface area (Å²) < 4.78 is 1.84. The van der Waals surface area contributed by atoms with E-state index in [9.17, 15) is 14.9 Å². The van der Waals surface area contributed by atoms with Crippen molar-refractivity contribution in [1.82, 2.24) is 15.1 Å². The highest BCUT2D eigenvalue weighted by atomic mass is 16.6. The van der Waals surface area contributed by atoms with Crippen LogP contribution in [0.1, 0.15) is 35.7 Å². The first-order valence-corrected chi connectivity index (χ1v) is 7.58. The third-order valence-electron chi connectivity index (χ3n) is 4.25. The van der Waals surface area contributed by atoms with Gasteiger partial charge < -0.3 is 5.32 Å². The molecule has 1 aromatic heterocycles. The number of nitrogens with zero attached hydrogens (tertiary/aromatic N) is 3. The van der Waals surface area contributed by atoms with Crippen LogP contribution < -0.4 is 5.32 Å². The van der Waals surface area contributed by atoms with E-state index >= 15 is 0 Å². The van der Waals surface area contributed by atoms with Crippen LogP contribution in [0.25, 0.3) is 0 Å². The number of amides is 1. The zero-order chi connectivity index (χ0) is 16.4. The fraction of sp³-hybridized carbons (Fsp3) is 0.375. The van der Waals surface area contributed by atoms with Gasteiger partial charge in [-0.2, -0.15) is 5.10 Å². The summed E-state index contributed by atoms with van der Waals surface area (Å²) in [5.41, 5.74) is 2.60. The van der Waals surface area contributed by atoms with Crippen molar-refractivity contribution in [3.05, 3.63) is 57.4 Å². The van der Waals surface area contributed by atoms with Gasteiger partial charge in [-0.15, -0.1) is 0 Å². The molecule has 1 atom stereocenters. The zero-order valence-electron chi connectivity index (χ0n) is 12.9. The molecule has 23 heavy (non-hydrogen) atoms. The van der Waals surface area contributed by atoms with Gasteiger partial charge >= 0.3 is 0 Å². The Morgan fingerprint density at radius 2 is 2.26 bits per heavy atom. The van der Waals surface area contributed by atoms with E-state index in [2.05, 4.69) is 10.4 Å². The first kappa shape index (κ1) is 15.2. The number of para-hydroxylation sites is 1. The van der Waals surface area contributed by atoms with Crippen molar-refractivity contribution >= 4 is 11.6 Å². The zero-order valence-corrected chi connectivity index (χ0v) is 12.9. The van der Waals surface area contributed by atoms with Gasteiger partial charge in [0.05, 0.1) is 23.6 Å². The van der Waals surface area contributed by atoms with Gasteiger partial charge in [0.25, 0.3) is 5.69 Å². The van der Waals surface area contributed by atoms with Gasteiger partial charge in [0.15, 0.2) is 0 Å². The minimum atomic E-state index is -0.456. The minimum absolute atomic E-state index is 0.00322. The molecule has 0 saturated carbocycles. The van der Waals surface area contributed by atoms with E-state index in [4.69, 9.17) is 0 Å². The smallest absolute Gasteiger partial charge is 0.273 e. The molecule has 0 saturated heterocycles. The van der Waals surface area contributed by atoms with Crippen LogP contribution in [0.5, 0.6) is 0 Å². The van der Waals surface area contributed by atoms with Crippen molar-refractivity contribution in [1.29, 1.82) is 0 Å². The number of benzene rings is 1. The fourth-order valence-electron chi connectivity index (χ4n) is 3.11. The monoisotopic (exact) mass is 314 g/mol. The van der Waals surface area contributed by atoms with Crippen molar-refractivity contribution in [3.8, 4) is 0 Å². The number of nitrogens with one attached hydrogen (secondary N) is 1. The molecule has 7 nitrogen and oxygen atoms in total. The second kappa shape index (κ2) is 6.20. The van der Waals surface area contributed by atoms with Gasteiger partial charge in [0, 0.05) is 29.9 Å². The van der Waals surface area contributed by atoms with Crippen LogP contribution in [0.2, 0.25) is 0 Å². The summed E-state index contributed by atoms with van der Waals surface area (Å²) in [5, 5.41) is 18.3. The van der Waals surface area contributed by atoms with Crippen LogP contribution in [-0.2, 0) is 24.7 Å². The lowest BCUT2D eigenvalue weighted by atomic mass is 9.93. The number of nitro groups is 1. The van der Waals surface area contributed by atoms with E-state index in [-0.39, 0.29) is 24.1 Å². The SMILES string of the molecule is Cn1ncc2c1CCCC2NC(=O)Cc1ccccc1[N+](=O)[O-]. The van der Waals surface area contributed by atoms with Gasteiger partial charge in [-0.25, -0.2) is 0 Å². The summed E-state index contributed by atoms with van der Waals surface area (Å²) in [6.45, 7) is 0. The van der Waals surface area contributed by atoms with Crippen LogP contribution in [0.4, 0.5) is 5.69 Å². The number of rotatable bonds is 4. The summed E-state index contributed by atoms with van der Waals surface area (Å²) in [5.74, 6) is -0.207. The Balaban J connectivity index is 1.73. The molecule has 1 amide bonds. The number of nitro benzene ring substituents is 1. The molecule has 3 rings (SSSR count). The van der Waals surface area contributed by atoms with Gasteiger partial charge in [0.1, 0.15) is 0 Å². The number of aromatic nitrogens is 2. The molecule has 0 radical (unpaired) electrons. The standard InChI is InChI=1S/C16H18N4O3/c1-19-15-8-4-6-13(12(15)10-17-19)18-16(21)9-11-5-2-3-7-14(11)20(22)23/h2-3,5,7,10,13H,4,6,8-9H2,1H3,(H,18,21). The molecule has 7 heteroatoms. The van der Waals surface area contributed by atoms with E-state index in [1.165, 1.54) is 6.07 Å². The molecule has 2 aromatic rings. The highest BCUT2D eigenvalue weighted by Crippen LogP contribution is 2.29. The lowest BCUT2D eigenvalue weighted by molar-refractivity contribution is -0.385. The van der Waals surface area contributed by atoms with Crippen molar-refractivity contribution in [2.45, 2.75) is 31.7 Å². The van der Waals surface area contributed by atoms with E-state index in [1.807, 2.05) is 11.7 Å². The number of aryl methyl sites for hydroxylation is 1. The molecule has 120 valence electrons. The second-order valence-electron chi connectivity index (χ2n) is 5.75. The molecular weight excluding hydrogens is 296 g/mol. The Morgan fingerprint density at radius 1 is 1.48 bits per heavy atom. The number of hydrogen-bond acceptors (Lipinski definition) is 4. The summed E-state index contributed by atoms with van der Waals surface area (Å²) in [4.78, 5) is 22.9. The molecule has 0 aliphatic heterocycles. The summed E-state index contributed by atoms with van der Waals surface area (Å²) in [6.07, 6.45) is 4.61. The normalized spacial score (nSPS) is 16.7. The predicted molar refractivity (Wildman–Crippen MR) is 83.8 cm³/mol. The van der Waals surface area contributed by atoms with E-state index < -0.39 is 4.92 Å². The second-order valence-corrected chi connectivity index (χ2v) is 5.75. The number of carbonyl (C=O) groups excluding carboxylic acids is 1. The Hall–Kier alpha value is -2.70. The highest BCUT2D eigenvalue weighted by molar-refractivity contribution is 5.80. The maximum Gasteiger partial charge on any atom is 0.273 e. The molecule has 1 heterocycles. The van der Waals surface area contributed by atoms with Crippen molar-refractivity contribution in [3.63, 3.8) is 0 Å². The largest absolute Gasteiger partial charge is 0.349 e. The van der Waals surface area contributed by atoms with Gasteiger partial charge in [-0.3, -0.25) is 19.6 Å². The van der Waals surface area contributed by atoms with E-state index in [0.29, 0.717) is 5.56 Å². The summed E-state index contributed by atoms with van der Waals surface area (Å²) >= 11 is 0. The van der Waals surface area contributed by atoms with Crippen LogP contribution in [-0.4, -0.2) is 20.6 Å². The molecule has 1 N–H and O–H groups in total. The van der Waals surface area contributed by atoms with Gasteiger partial charge in [-0.05, 0) is 19.3 Å². The molecular formula is C16H18N4O3. The summed E-state index contributed by atoms with van der Waals surface area (Å²) in [6, 6.07) is 6.27. The number of hydrogen-bond donors (Lipinski definition) is 1. The Morgan fingerprint density at radius 3 is 3.04 bits per heavy atom. The molecule has 1 unspecified atom stereocenters. The first-order chi connectivity index (χ1) is 11.1. The number of carbonyl (C=O) groups is 1. The van der Waals surface area contributed by atoms with Gasteiger partial charge in [0.2, 0.25) is 5.91 Å². The van der Waals surface area contributed by atoms with Gasteiger partial charge in [-0.1, -0.05) is 18.2 Å². The van der Waals surface area contributed by atoms with E-state index in [1.54, 1.807) is 24.4 Å². The predicted octanol–water partition coefficient (Wildman–Crippen LogP) is 2.06. The first-order valence-electron chi connectivity index (χ1n) is 7.58. The maximum absolute atomic E-state index is 12.3. The molecule has 1 aliphatic rings. The third kappa shape index (κ3) is 3.08. The summed E-state index contributed by atoms with van der Waals surface area (Å²) in [7, 11) is 1.90. The molecule has 0 bridgehead atoms. The Labute approximate surface area is 133 Å². The third-order valence-corrected chi connectivity index (χ3v) is 4.25. The lowest BCUT2D eigenvalue weighted by Gasteiger charge is -2.23.